The van der Waals surface area contributed by atoms with Gasteiger partial charge in [0.2, 0.25) is 0 Å². The average molecular weight is 311 g/mol. The van der Waals surface area contributed by atoms with Crippen molar-refractivity contribution < 1.29 is 0 Å². The SMILES string of the molecule is Cl.Clc1ccc(Br)cc1[C@@H]1CCCCN1. The van der Waals surface area contributed by atoms with E-state index in [-0.39, 0.29) is 12.4 Å². The molecule has 0 saturated carbocycles. The van der Waals surface area contributed by atoms with Crippen LogP contribution in [0.15, 0.2) is 22.7 Å². The molecule has 0 radical (unpaired) electrons. The first-order chi connectivity index (χ1) is 6.77. The second kappa shape index (κ2) is 6.09. The van der Waals surface area contributed by atoms with Gasteiger partial charge in [0.1, 0.15) is 0 Å². The lowest BCUT2D eigenvalue weighted by atomic mass is 9.98. The van der Waals surface area contributed by atoms with Crippen LogP contribution < -0.4 is 5.32 Å². The van der Waals surface area contributed by atoms with Crippen LogP contribution in [0.1, 0.15) is 30.9 Å². The largest absolute Gasteiger partial charge is 0.310 e. The van der Waals surface area contributed by atoms with E-state index in [1.165, 1.54) is 24.8 Å². The summed E-state index contributed by atoms with van der Waals surface area (Å²) >= 11 is 9.65. The molecule has 1 aliphatic rings. The molecule has 0 bridgehead atoms. The first-order valence-corrected chi connectivity index (χ1v) is 6.13. The zero-order chi connectivity index (χ0) is 9.97. The quantitative estimate of drug-likeness (QED) is 0.813. The molecule has 2 rings (SSSR count). The van der Waals surface area contributed by atoms with E-state index >= 15 is 0 Å². The highest BCUT2D eigenvalue weighted by molar-refractivity contribution is 9.10. The van der Waals surface area contributed by atoms with Gasteiger partial charge in [0.15, 0.2) is 0 Å². The summed E-state index contributed by atoms with van der Waals surface area (Å²) in [5.41, 5.74) is 1.22. The van der Waals surface area contributed by atoms with Crippen molar-refractivity contribution in [2.24, 2.45) is 0 Å². The van der Waals surface area contributed by atoms with E-state index in [0.29, 0.717) is 6.04 Å². The van der Waals surface area contributed by atoms with Crippen LogP contribution in [-0.2, 0) is 0 Å². The Morgan fingerprint density at radius 2 is 2.13 bits per heavy atom. The maximum Gasteiger partial charge on any atom is 0.0454 e. The molecule has 15 heavy (non-hydrogen) atoms. The molecule has 1 saturated heterocycles. The molecule has 4 heteroatoms. The van der Waals surface area contributed by atoms with Gasteiger partial charge in [-0.25, -0.2) is 0 Å². The number of benzene rings is 1. The van der Waals surface area contributed by atoms with Crippen LogP contribution in [0.4, 0.5) is 0 Å². The van der Waals surface area contributed by atoms with Crippen molar-refractivity contribution in [1.82, 2.24) is 5.32 Å². The minimum Gasteiger partial charge on any atom is -0.310 e. The molecule has 1 aromatic carbocycles. The van der Waals surface area contributed by atoms with Crippen molar-refractivity contribution in [3.63, 3.8) is 0 Å². The predicted molar refractivity (Wildman–Crippen MR) is 71.0 cm³/mol. The smallest absolute Gasteiger partial charge is 0.0454 e. The normalized spacial score (nSPS) is 20.8. The molecule has 1 aromatic rings. The van der Waals surface area contributed by atoms with E-state index in [1.54, 1.807) is 0 Å². The molecule has 0 aliphatic carbocycles. The molecule has 0 spiro atoms. The van der Waals surface area contributed by atoms with Gasteiger partial charge in [0.25, 0.3) is 0 Å². The molecule has 1 nitrogen and oxygen atoms in total. The summed E-state index contributed by atoms with van der Waals surface area (Å²) in [4.78, 5) is 0. The van der Waals surface area contributed by atoms with Crippen LogP contribution in [-0.4, -0.2) is 6.54 Å². The highest BCUT2D eigenvalue weighted by Crippen LogP contribution is 2.30. The third-order valence-electron chi connectivity index (χ3n) is 2.64. The van der Waals surface area contributed by atoms with Gasteiger partial charge in [-0.05, 0) is 43.1 Å². The van der Waals surface area contributed by atoms with E-state index in [2.05, 4.69) is 27.3 Å². The Morgan fingerprint density at radius 1 is 1.33 bits per heavy atom. The van der Waals surface area contributed by atoms with Crippen LogP contribution in [0.25, 0.3) is 0 Å². The van der Waals surface area contributed by atoms with Gasteiger partial charge in [-0.3, -0.25) is 0 Å². The molecule has 0 amide bonds. The van der Waals surface area contributed by atoms with Crippen LogP contribution in [0, 0.1) is 0 Å². The fourth-order valence-electron chi connectivity index (χ4n) is 1.90. The minimum absolute atomic E-state index is 0. The molecular formula is C11H14BrCl2N. The van der Waals surface area contributed by atoms with Crippen molar-refractivity contribution in [3.05, 3.63) is 33.3 Å². The summed E-state index contributed by atoms with van der Waals surface area (Å²) in [6.07, 6.45) is 3.76. The van der Waals surface area contributed by atoms with Gasteiger partial charge in [-0.1, -0.05) is 34.0 Å². The second-order valence-corrected chi connectivity index (χ2v) is 4.99. The van der Waals surface area contributed by atoms with Crippen molar-refractivity contribution in [2.75, 3.05) is 6.54 Å². The molecule has 1 aliphatic heterocycles. The fourth-order valence-corrected chi connectivity index (χ4v) is 2.53. The third kappa shape index (κ3) is 3.35. The number of piperidine rings is 1. The Bertz CT molecular complexity index is 324. The Morgan fingerprint density at radius 3 is 2.80 bits per heavy atom. The minimum atomic E-state index is 0. The van der Waals surface area contributed by atoms with Crippen LogP contribution in [0.5, 0.6) is 0 Å². The maximum atomic E-state index is 6.17. The molecule has 0 aromatic heterocycles. The summed E-state index contributed by atoms with van der Waals surface area (Å²) in [5.74, 6) is 0. The lowest BCUT2D eigenvalue weighted by Gasteiger charge is -2.24. The van der Waals surface area contributed by atoms with Crippen molar-refractivity contribution in [1.29, 1.82) is 0 Å². The number of hydrogen-bond acceptors (Lipinski definition) is 1. The maximum absolute atomic E-state index is 6.17. The van der Waals surface area contributed by atoms with Gasteiger partial charge in [0.05, 0.1) is 0 Å². The third-order valence-corrected chi connectivity index (χ3v) is 3.48. The Kier molecular flexibility index (Phi) is 5.41. The zero-order valence-electron chi connectivity index (χ0n) is 8.30. The molecule has 1 atom stereocenters. The predicted octanol–water partition coefficient (Wildman–Crippen LogP) is 4.34. The van der Waals surface area contributed by atoms with Gasteiger partial charge in [-0.2, -0.15) is 0 Å². The summed E-state index contributed by atoms with van der Waals surface area (Å²) in [5, 5.41) is 4.37. The van der Waals surface area contributed by atoms with Gasteiger partial charge in [0, 0.05) is 15.5 Å². The highest BCUT2D eigenvalue weighted by Gasteiger charge is 2.17. The first kappa shape index (κ1) is 13.3. The standard InChI is InChI=1S/C11H13BrClN.ClH/c12-8-4-5-10(13)9(7-8)11-3-1-2-6-14-11;/h4-5,7,11,14H,1-3,6H2;1H/t11-;/m0./s1. The van der Waals surface area contributed by atoms with Crippen LogP contribution >= 0.6 is 39.9 Å². The highest BCUT2D eigenvalue weighted by atomic mass is 79.9. The van der Waals surface area contributed by atoms with Gasteiger partial charge < -0.3 is 5.32 Å². The van der Waals surface area contributed by atoms with Crippen molar-refractivity contribution in [2.45, 2.75) is 25.3 Å². The molecule has 0 unspecified atom stereocenters. The van der Waals surface area contributed by atoms with Crippen molar-refractivity contribution in [3.8, 4) is 0 Å². The van der Waals surface area contributed by atoms with Crippen LogP contribution in [0.2, 0.25) is 5.02 Å². The van der Waals surface area contributed by atoms with Gasteiger partial charge >= 0.3 is 0 Å². The summed E-state index contributed by atoms with van der Waals surface area (Å²) in [7, 11) is 0. The average Bonchev–Trinajstić information content (AvgIpc) is 2.23. The summed E-state index contributed by atoms with van der Waals surface area (Å²) in [6.45, 7) is 1.10. The first-order valence-electron chi connectivity index (χ1n) is 4.96. The summed E-state index contributed by atoms with van der Waals surface area (Å²) < 4.78 is 1.10. The van der Waals surface area contributed by atoms with Crippen molar-refractivity contribution >= 4 is 39.9 Å². The number of nitrogens with one attached hydrogen (secondary N) is 1. The second-order valence-electron chi connectivity index (χ2n) is 3.67. The van der Waals surface area contributed by atoms with E-state index in [4.69, 9.17) is 11.6 Å². The molecular weight excluding hydrogens is 297 g/mol. The zero-order valence-corrected chi connectivity index (χ0v) is 11.5. The van der Waals surface area contributed by atoms with E-state index in [9.17, 15) is 0 Å². The van der Waals surface area contributed by atoms with E-state index in [1.807, 2.05) is 12.1 Å². The number of rotatable bonds is 1. The fraction of sp³-hybridized carbons (Fsp3) is 0.455. The lowest BCUT2D eigenvalue weighted by Crippen LogP contribution is -2.26. The van der Waals surface area contributed by atoms with E-state index < -0.39 is 0 Å². The Labute approximate surface area is 110 Å². The monoisotopic (exact) mass is 309 g/mol. The Balaban J connectivity index is 0.00000112. The summed E-state index contributed by atoms with van der Waals surface area (Å²) in [6, 6.07) is 6.49. The molecule has 1 N–H and O–H groups in total. The molecule has 84 valence electrons. The van der Waals surface area contributed by atoms with Gasteiger partial charge in [-0.15, -0.1) is 12.4 Å². The number of hydrogen-bond donors (Lipinski definition) is 1. The van der Waals surface area contributed by atoms with Crippen LogP contribution in [0.3, 0.4) is 0 Å². The molecule has 1 heterocycles. The topological polar surface area (TPSA) is 12.0 Å². The van der Waals surface area contributed by atoms with E-state index in [0.717, 1.165) is 16.0 Å². The number of halogens is 3. The molecule has 1 fully saturated rings. The Hall–Kier alpha value is 0.240. The lowest BCUT2D eigenvalue weighted by molar-refractivity contribution is 0.412.